The van der Waals surface area contributed by atoms with Gasteiger partial charge in [-0.2, -0.15) is 0 Å². The number of aryl methyl sites for hydroxylation is 1. The van der Waals surface area contributed by atoms with Crippen molar-refractivity contribution in [3.05, 3.63) is 52.1 Å². The Bertz CT molecular complexity index is 519. The van der Waals surface area contributed by atoms with Crippen LogP contribution in [-0.2, 0) is 6.54 Å². The molecule has 0 spiro atoms. The highest BCUT2D eigenvalue weighted by Crippen LogP contribution is 2.13. The number of nitrogens with zero attached hydrogens (tertiary/aromatic N) is 2. The standard InChI is InChI=1S/C11H11N3O3/c1-8-2-4-10(17-8)7-12-9-3-5-11(13-6-9)14(15)16/h2-6,12H,7H2,1H3. The Morgan fingerprint density at radius 3 is 2.76 bits per heavy atom. The summed E-state index contributed by atoms with van der Waals surface area (Å²) >= 11 is 0. The molecule has 0 saturated carbocycles. The van der Waals surface area contributed by atoms with E-state index in [9.17, 15) is 10.1 Å². The first-order valence-corrected chi connectivity index (χ1v) is 5.05. The fourth-order valence-electron chi connectivity index (χ4n) is 1.37. The second kappa shape index (κ2) is 4.65. The van der Waals surface area contributed by atoms with Crippen LogP contribution in [0.15, 0.2) is 34.9 Å². The number of nitrogens with one attached hydrogen (secondary N) is 1. The zero-order valence-corrected chi connectivity index (χ0v) is 9.21. The van der Waals surface area contributed by atoms with E-state index in [1.165, 1.54) is 12.3 Å². The highest BCUT2D eigenvalue weighted by atomic mass is 16.6. The molecule has 0 aromatic carbocycles. The van der Waals surface area contributed by atoms with Crippen LogP contribution in [0.1, 0.15) is 11.5 Å². The van der Waals surface area contributed by atoms with E-state index in [0.29, 0.717) is 12.2 Å². The third-order valence-electron chi connectivity index (χ3n) is 2.20. The molecule has 2 aromatic heterocycles. The average Bonchev–Trinajstić information content (AvgIpc) is 2.73. The van der Waals surface area contributed by atoms with E-state index in [1.807, 2.05) is 19.1 Å². The topological polar surface area (TPSA) is 81.2 Å². The SMILES string of the molecule is Cc1ccc(CNc2ccc([N+](=O)[O-])nc2)o1. The number of furan rings is 1. The first-order chi connectivity index (χ1) is 8.15. The van der Waals surface area contributed by atoms with Gasteiger partial charge in [0.15, 0.2) is 6.20 Å². The Hall–Kier alpha value is -2.37. The second-order valence-corrected chi connectivity index (χ2v) is 3.53. The van der Waals surface area contributed by atoms with E-state index in [2.05, 4.69) is 10.3 Å². The molecule has 0 amide bonds. The summed E-state index contributed by atoms with van der Waals surface area (Å²) in [6.07, 6.45) is 1.42. The quantitative estimate of drug-likeness (QED) is 0.648. The molecule has 0 aliphatic heterocycles. The minimum absolute atomic E-state index is 0.163. The number of pyridine rings is 1. The van der Waals surface area contributed by atoms with Gasteiger partial charge in [0.05, 0.1) is 12.2 Å². The number of hydrogen-bond acceptors (Lipinski definition) is 5. The number of aromatic nitrogens is 1. The smallest absolute Gasteiger partial charge is 0.363 e. The minimum Gasteiger partial charge on any atom is -0.465 e. The Balaban J connectivity index is 1.97. The summed E-state index contributed by atoms with van der Waals surface area (Å²) in [5, 5.41) is 13.5. The van der Waals surface area contributed by atoms with Gasteiger partial charge in [-0.05, 0) is 35.0 Å². The summed E-state index contributed by atoms with van der Waals surface area (Å²) in [4.78, 5) is 13.6. The summed E-state index contributed by atoms with van der Waals surface area (Å²) < 4.78 is 5.38. The molecule has 0 fully saturated rings. The van der Waals surface area contributed by atoms with E-state index in [0.717, 1.165) is 11.5 Å². The normalized spacial score (nSPS) is 10.2. The van der Waals surface area contributed by atoms with E-state index in [-0.39, 0.29) is 5.82 Å². The highest BCUT2D eigenvalue weighted by Gasteiger charge is 2.06. The molecule has 2 aromatic rings. The lowest BCUT2D eigenvalue weighted by Gasteiger charge is -2.01. The van der Waals surface area contributed by atoms with Gasteiger partial charge in [0.1, 0.15) is 11.5 Å². The van der Waals surface area contributed by atoms with E-state index in [4.69, 9.17) is 4.42 Å². The lowest BCUT2D eigenvalue weighted by molar-refractivity contribution is -0.389. The molecule has 0 aliphatic carbocycles. The van der Waals surface area contributed by atoms with Crippen LogP contribution in [-0.4, -0.2) is 9.91 Å². The summed E-state index contributed by atoms with van der Waals surface area (Å²) in [6, 6.07) is 6.73. The fourth-order valence-corrected chi connectivity index (χ4v) is 1.37. The predicted molar refractivity (Wildman–Crippen MR) is 61.7 cm³/mol. The van der Waals surface area contributed by atoms with Gasteiger partial charge in [0.25, 0.3) is 0 Å². The zero-order chi connectivity index (χ0) is 12.3. The van der Waals surface area contributed by atoms with Gasteiger partial charge in [0, 0.05) is 6.07 Å². The molecule has 2 heterocycles. The summed E-state index contributed by atoms with van der Waals surface area (Å²) in [5.74, 6) is 1.49. The Morgan fingerprint density at radius 1 is 1.41 bits per heavy atom. The predicted octanol–water partition coefficient (Wildman–Crippen LogP) is 2.50. The van der Waals surface area contributed by atoms with Crippen molar-refractivity contribution in [3.8, 4) is 0 Å². The molecule has 0 aliphatic rings. The van der Waals surface area contributed by atoms with E-state index in [1.54, 1.807) is 6.07 Å². The highest BCUT2D eigenvalue weighted by molar-refractivity contribution is 5.43. The van der Waals surface area contributed by atoms with Gasteiger partial charge in [-0.15, -0.1) is 0 Å². The van der Waals surface area contributed by atoms with E-state index >= 15 is 0 Å². The van der Waals surface area contributed by atoms with Crippen molar-refractivity contribution in [1.29, 1.82) is 0 Å². The molecule has 2 rings (SSSR count). The maximum Gasteiger partial charge on any atom is 0.363 e. The van der Waals surface area contributed by atoms with Crippen molar-refractivity contribution in [2.75, 3.05) is 5.32 Å². The number of nitro groups is 1. The average molecular weight is 233 g/mol. The summed E-state index contributed by atoms with van der Waals surface area (Å²) in [5.41, 5.74) is 0.713. The number of rotatable bonds is 4. The van der Waals surface area contributed by atoms with E-state index < -0.39 is 4.92 Å². The zero-order valence-electron chi connectivity index (χ0n) is 9.21. The van der Waals surface area contributed by atoms with Gasteiger partial charge in [-0.25, -0.2) is 0 Å². The lowest BCUT2D eigenvalue weighted by atomic mass is 10.3. The lowest BCUT2D eigenvalue weighted by Crippen LogP contribution is -1.99. The van der Waals surface area contributed by atoms with Crippen LogP contribution in [0.25, 0.3) is 0 Å². The van der Waals surface area contributed by atoms with Crippen LogP contribution in [0.4, 0.5) is 11.5 Å². The largest absolute Gasteiger partial charge is 0.465 e. The van der Waals surface area contributed by atoms with Crippen molar-refractivity contribution in [2.24, 2.45) is 0 Å². The molecule has 88 valence electrons. The van der Waals surface area contributed by atoms with Gasteiger partial charge < -0.3 is 19.8 Å². The van der Waals surface area contributed by atoms with Crippen LogP contribution in [0.2, 0.25) is 0 Å². The number of hydrogen-bond donors (Lipinski definition) is 1. The maximum absolute atomic E-state index is 10.4. The van der Waals surface area contributed by atoms with Gasteiger partial charge in [-0.1, -0.05) is 0 Å². The molecule has 0 atom stereocenters. The fraction of sp³-hybridized carbons (Fsp3) is 0.182. The molecule has 6 nitrogen and oxygen atoms in total. The van der Waals surface area contributed by atoms with Gasteiger partial charge >= 0.3 is 5.82 Å². The summed E-state index contributed by atoms with van der Waals surface area (Å²) in [6.45, 7) is 2.39. The van der Waals surface area contributed by atoms with Crippen LogP contribution >= 0.6 is 0 Å². The Kier molecular flexibility index (Phi) is 3.04. The third kappa shape index (κ3) is 2.81. The molecule has 0 saturated heterocycles. The Morgan fingerprint density at radius 2 is 2.24 bits per heavy atom. The van der Waals surface area contributed by atoms with Crippen LogP contribution in [0, 0.1) is 17.0 Å². The van der Waals surface area contributed by atoms with Crippen molar-refractivity contribution < 1.29 is 9.34 Å². The van der Waals surface area contributed by atoms with Crippen molar-refractivity contribution in [3.63, 3.8) is 0 Å². The number of anilines is 1. The minimum atomic E-state index is -0.528. The van der Waals surface area contributed by atoms with Crippen molar-refractivity contribution in [1.82, 2.24) is 4.98 Å². The third-order valence-corrected chi connectivity index (χ3v) is 2.20. The van der Waals surface area contributed by atoms with Crippen LogP contribution in [0.5, 0.6) is 0 Å². The molecule has 0 bridgehead atoms. The van der Waals surface area contributed by atoms with Crippen molar-refractivity contribution in [2.45, 2.75) is 13.5 Å². The molecule has 0 radical (unpaired) electrons. The first kappa shape index (κ1) is 11.1. The molecule has 6 heteroatoms. The molecule has 1 N–H and O–H groups in total. The molecule has 17 heavy (non-hydrogen) atoms. The summed E-state index contributed by atoms with van der Waals surface area (Å²) in [7, 11) is 0. The Labute approximate surface area is 97.4 Å². The molecular weight excluding hydrogens is 222 g/mol. The first-order valence-electron chi connectivity index (χ1n) is 5.05. The maximum atomic E-state index is 10.4. The monoisotopic (exact) mass is 233 g/mol. The van der Waals surface area contributed by atoms with Crippen LogP contribution < -0.4 is 5.32 Å². The van der Waals surface area contributed by atoms with Gasteiger partial charge in [0.2, 0.25) is 0 Å². The van der Waals surface area contributed by atoms with Crippen molar-refractivity contribution >= 4 is 11.5 Å². The molecule has 0 unspecified atom stereocenters. The van der Waals surface area contributed by atoms with Gasteiger partial charge in [-0.3, -0.25) is 0 Å². The molecular formula is C11H11N3O3. The second-order valence-electron chi connectivity index (χ2n) is 3.53. The van der Waals surface area contributed by atoms with Crippen LogP contribution in [0.3, 0.4) is 0 Å².